The molecule has 0 aliphatic rings. The Labute approximate surface area is 98.2 Å². The number of rotatable bonds is 7. The molecule has 0 amide bonds. The fourth-order valence-corrected chi connectivity index (χ4v) is 1.69. The summed E-state index contributed by atoms with van der Waals surface area (Å²) < 4.78 is 5.34. The van der Waals surface area contributed by atoms with Crippen LogP contribution in [-0.2, 0) is 4.74 Å². The number of ether oxygens (including phenoxy) is 1. The lowest BCUT2D eigenvalue weighted by Crippen LogP contribution is -2.24. The van der Waals surface area contributed by atoms with E-state index in [1.165, 1.54) is 5.69 Å². The zero-order valence-electron chi connectivity index (χ0n) is 10.3. The third kappa shape index (κ3) is 4.11. The molecular formula is C13H22N2O. The second-order valence-electron chi connectivity index (χ2n) is 3.73. The first kappa shape index (κ1) is 12.8. The minimum absolute atomic E-state index is 0.796. The highest BCUT2D eigenvalue weighted by Gasteiger charge is 2.03. The zero-order chi connectivity index (χ0) is 11.8. The molecule has 1 aromatic rings. The molecule has 1 rings (SSSR count). The Bertz CT molecular complexity index is 302. The number of nitrogens with zero attached hydrogens (tertiary/aromatic N) is 1. The molecule has 0 unspecified atom stereocenters. The van der Waals surface area contributed by atoms with Crippen LogP contribution in [0.15, 0.2) is 24.3 Å². The predicted octanol–water partition coefficient (Wildman–Crippen LogP) is 2.52. The lowest BCUT2D eigenvalue weighted by Gasteiger charge is -2.23. The molecule has 16 heavy (non-hydrogen) atoms. The number of benzene rings is 1. The number of nitrogen functional groups attached to an aromatic ring is 1. The molecule has 0 saturated heterocycles. The Kier molecular flexibility index (Phi) is 5.72. The van der Waals surface area contributed by atoms with Crippen molar-refractivity contribution in [1.29, 1.82) is 0 Å². The molecule has 0 aromatic heterocycles. The van der Waals surface area contributed by atoms with Crippen LogP contribution in [0.3, 0.4) is 0 Å². The molecule has 0 aliphatic carbocycles. The third-order valence-corrected chi connectivity index (χ3v) is 2.54. The maximum Gasteiger partial charge on any atom is 0.0482 e. The lowest BCUT2D eigenvalue weighted by atomic mass is 10.2. The molecule has 90 valence electrons. The minimum atomic E-state index is 0.796. The second kappa shape index (κ2) is 7.12. The highest BCUT2D eigenvalue weighted by atomic mass is 16.5. The van der Waals surface area contributed by atoms with Crippen LogP contribution in [0.4, 0.5) is 11.4 Å². The van der Waals surface area contributed by atoms with Crippen molar-refractivity contribution < 1.29 is 4.74 Å². The van der Waals surface area contributed by atoms with Crippen molar-refractivity contribution in [1.82, 2.24) is 0 Å². The second-order valence-corrected chi connectivity index (χ2v) is 3.73. The first-order chi connectivity index (χ1) is 7.77. The first-order valence-electron chi connectivity index (χ1n) is 5.96. The van der Waals surface area contributed by atoms with Crippen LogP contribution in [-0.4, -0.2) is 26.3 Å². The summed E-state index contributed by atoms with van der Waals surface area (Å²) in [6.45, 7) is 7.81. The van der Waals surface area contributed by atoms with Crippen molar-refractivity contribution in [2.45, 2.75) is 20.3 Å². The highest BCUT2D eigenvalue weighted by Crippen LogP contribution is 2.17. The van der Waals surface area contributed by atoms with Crippen molar-refractivity contribution in [2.24, 2.45) is 0 Å². The van der Waals surface area contributed by atoms with E-state index in [4.69, 9.17) is 10.5 Å². The molecule has 3 nitrogen and oxygen atoms in total. The van der Waals surface area contributed by atoms with E-state index in [1.807, 2.05) is 25.1 Å². The number of nitrogens with two attached hydrogens (primary N) is 1. The minimum Gasteiger partial charge on any atom is -0.399 e. The molecule has 0 radical (unpaired) electrons. The van der Waals surface area contributed by atoms with Crippen LogP contribution in [0.5, 0.6) is 0 Å². The van der Waals surface area contributed by atoms with Crippen LogP contribution >= 0.6 is 0 Å². The Morgan fingerprint density at radius 1 is 1.31 bits per heavy atom. The van der Waals surface area contributed by atoms with E-state index >= 15 is 0 Å². The first-order valence-corrected chi connectivity index (χ1v) is 5.96. The van der Waals surface area contributed by atoms with Crippen LogP contribution in [0, 0.1) is 0 Å². The summed E-state index contributed by atoms with van der Waals surface area (Å²) in [6.07, 6.45) is 1.05. The zero-order valence-corrected chi connectivity index (χ0v) is 10.3. The average Bonchev–Trinajstić information content (AvgIpc) is 2.29. The van der Waals surface area contributed by atoms with E-state index in [1.54, 1.807) is 0 Å². The molecule has 0 fully saturated rings. The Balaban J connectivity index is 2.47. The predicted molar refractivity (Wildman–Crippen MR) is 69.9 cm³/mol. The molecule has 0 saturated carbocycles. The van der Waals surface area contributed by atoms with Gasteiger partial charge in [0.25, 0.3) is 0 Å². The van der Waals surface area contributed by atoms with Gasteiger partial charge < -0.3 is 15.4 Å². The summed E-state index contributed by atoms with van der Waals surface area (Å²) in [5, 5.41) is 0. The summed E-state index contributed by atoms with van der Waals surface area (Å²) in [5.74, 6) is 0. The van der Waals surface area contributed by atoms with Crippen molar-refractivity contribution in [3.63, 3.8) is 0 Å². The van der Waals surface area contributed by atoms with Gasteiger partial charge in [0.15, 0.2) is 0 Å². The largest absolute Gasteiger partial charge is 0.399 e. The fraction of sp³-hybridized carbons (Fsp3) is 0.538. The summed E-state index contributed by atoms with van der Waals surface area (Å²) in [4.78, 5) is 2.31. The summed E-state index contributed by atoms with van der Waals surface area (Å²) in [7, 11) is 0. The Morgan fingerprint density at radius 2 is 2.12 bits per heavy atom. The van der Waals surface area contributed by atoms with E-state index in [9.17, 15) is 0 Å². The normalized spacial score (nSPS) is 10.4. The van der Waals surface area contributed by atoms with Gasteiger partial charge in [0.2, 0.25) is 0 Å². The molecular weight excluding hydrogens is 200 g/mol. The van der Waals surface area contributed by atoms with Gasteiger partial charge in [0.1, 0.15) is 0 Å². The molecule has 1 aromatic carbocycles. The Morgan fingerprint density at radius 3 is 2.75 bits per heavy atom. The third-order valence-electron chi connectivity index (χ3n) is 2.54. The maximum atomic E-state index is 5.78. The lowest BCUT2D eigenvalue weighted by molar-refractivity contribution is 0.146. The average molecular weight is 222 g/mol. The van der Waals surface area contributed by atoms with Crippen molar-refractivity contribution in [3.8, 4) is 0 Å². The smallest absolute Gasteiger partial charge is 0.0482 e. The molecule has 3 heteroatoms. The fourth-order valence-electron chi connectivity index (χ4n) is 1.69. The topological polar surface area (TPSA) is 38.5 Å². The SMILES string of the molecule is CCOCCCN(CC)c1cccc(N)c1. The van der Waals surface area contributed by atoms with Gasteiger partial charge in [0, 0.05) is 37.7 Å². The van der Waals surface area contributed by atoms with Gasteiger partial charge in [-0.05, 0) is 38.5 Å². The van der Waals surface area contributed by atoms with Crippen LogP contribution in [0.2, 0.25) is 0 Å². The van der Waals surface area contributed by atoms with E-state index in [0.717, 1.165) is 38.4 Å². The van der Waals surface area contributed by atoms with E-state index in [-0.39, 0.29) is 0 Å². The van der Waals surface area contributed by atoms with Gasteiger partial charge in [-0.2, -0.15) is 0 Å². The molecule has 0 atom stereocenters. The number of hydrogen-bond donors (Lipinski definition) is 1. The van der Waals surface area contributed by atoms with Crippen LogP contribution in [0.25, 0.3) is 0 Å². The summed E-state index contributed by atoms with van der Waals surface area (Å²) in [5.41, 5.74) is 7.79. The van der Waals surface area contributed by atoms with E-state index in [0.29, 0.717) is 0 Å². The van der Waals surface area contributed by atoms with Gasteiger partial charge in [-0.1, -0.05) is 6.07 Å². The maximum absolute atomic E-state index is 5.78. The van der Waals surface area contributed by atoms with Crippen LogP contribution in [0.1, 0.15) is 20.3 Å². The van der Waals surface area contributed by atoms with Gasteiger partial charge in [-0.15, -0.1) is 0 Å². The molecule has 0 spiro atoms. The molecule has 2 N–H and O–H groups in total. The number of anilines is 2. The van der Waals surface area contributed by atoms with Gasteiger partial charge in [-0.3, -0.25) is 0 Å². The molecule has 0 heterocycles. The number of hydrogen-bond acceptors (Lipinski definition) is 3. The van der Waals surface area contributed by atoms with E-state index < -0.39 is 0 Å². The Hall–Kier alpha value is -1.22. The standard InChI is InChI=1S/C13H22N2O/c1-3-15(9-6-10-16-4-2)13-8-5-7-12(14)11-13/h5,7-8,11H,3-4,6,9-10,14H2,1-2H3. The summed E-state index contributed by atoms with van der Waals surface area (Å²) >= 11 is 0. The highest BCUT2D eigenvalue weighted by molar-refractivity contribution is 5.55. The molecule has 0 bridgehead atoms. The van der Waals surface area contributed by atoms with Crippen molar-refractivity contribution >= 4 is 11.4 Å². The quantitative estimate of drug-likeness (QED) is 0.569. The van der Waals surface area contributed by atoms with Gasteiger partial charge in [0.05, 0.1) is 0 Å². The van der Waals surface area contributed by atoms with E-state index in [2.05, 4.69) is 17.9 Å². The van der Waals surface area contributed by atoms with Gasteiger partial charge >= 0.3 is 0 Å². The molecule has 0 aliphatic heterocycles. The van der Waals surface area contributed by atoms with Crippen molar-refractivity contribution in [3.05, 3.63) is 24.3 Å². The van der Waals surface area contributed by atoms with Crippen LogP contribution < -0.4 is 10.6 Å². The monoisotopic (exact) mass is 222 g/mol. The summed E-state index contributed by atoms with van der Waals surface area (Å²) in [6, 6.07) is 8.03. The van der Waals surface area contributed by atoms with Crippen molar-refractivity contribution in [2.75, 3.05) is 36.9 Å². The van der Waals surface area contributed by atoms with Gasteiger partial charge in [-0.25, -0.2) is 0 Å².